The average Bonchev–Trinajstić information content (AvgIpc) is 3.20. The Morgan fingerprint density at radius 1 is 1.16 bits per heavy atom. The second-order valence-corrected chi connectivity index (χ2v) is 8.76. The fourth-order valence-electron chi connectivity index (χ4n) is 3.18. The van der Waals surface area contributed by atoms with Crippen LogP contribution < -0.4 is 5.32 Å². The molecule has 3 aromatic rings. The van der Waals surface area contributed by atoms with E-state index in [0.717, 1.165) is 18.2 Å². The van der Waals surface area contributed by atoms with Crippen LogP contribution in [0.4, 0.5) is 10.1 Å². The van der Waals surface area contributed by atoms with Crippen molar-refractivity contribution >= 4 is 21.6 Å². The first-order valence-electron chi connectivity index (χ1n) is 9.38. The van der Waals surface area contributed by atoms with Crippen molar-refractivity contribution in [2.45, 2.75) is 4.90 Å². The van der Waals surface area contributed by atoms with Gasteiger partial charge in [-0.1, -0.05) is 12.1 Å². The van der Waals surface area contributed by atoms with E-state index < -0.39 is 21.7 Å². The van der Waals surface area contributed by atoms with Crippen LogP contribution in [0.15, 0.2) is 47.4 Å². The lowest BCUT2D eigenvalue weighted by molar-refractivity contribution is 0.0730. The number of carbonyl (C=O) groups excluding carboxylic acids is 1. The fraction of sp³-hybridized carbons (Fsp3) is 0.263. The summed E-state index contributed by atoms with van der Waals surface area (Å²) in [5.74, 6) is -1.11. The maximum absolute atomic E-state index is 14.4. The van der Waals surface area contributed by atoms with Gasteiger partial charge in [0.1, 0.15) is 5.82 Å². The second kappa shape index (κ2) is 8.49. The van der Waals surface area contributed by atoms with Crippen molar-refractivity contribution in [2.24, 2.45) is 7.05 Å². The predicted octanol–water partition coefficient (Wildman–Crippen LogP) is 1.29. The smallest absolute Gasteiger partial charge is 0.258 e. The van der Waals surface area contributed by atoms with Crippen LogP contribution in [0.1, 0.15) is 10.4 Å². The summed E-state index contributed by atoms with van der Waals surface area (Å²) in [6.07, 6.45) is 0. The number of morpholine rings is 1. The van der Waals surface area contributed by atoms with E-state index in [1.807, 2.05) is 0 Å². The van der Waals surface area contributed by atoms with Crippen molar-refractivity contribution in [3.63, 3.8) is 0 Å². The molecule has 0 saturated carbocycles. The Bertz CT molecular complexity index is 1220. The molecule has 31 heavy (non-hydrogen) atoms. The molecule has 1 aromatic heterocycles. The summed E-state index contributed by atoms with van der Waals surface area (Å²) in [5.41, 5.74) is 0.654. The summed E-state index contributed by atoms with van der Waals surface area (Å²) in [4.78, 5) is 12.6. The molecule has 4 rings (SSSR count). The van der Waals surface area contributed by atoms with Gasteiger partial charge in [-0.3, -0.25) is 4.79 Å². The highest BCUT2D eigenvalue weighted by Crippen LogP contribution is 2.23. The van der Waals surface area contributed by atoms with Crippen molar-refractivity contribution in [2.75, 3.05) is 31.6 Å². The van der Waals surface area contributed by atoms with Gasteiger partial charge in [0.2, 0.25) is 10.0 Å². The molecule has 1 amide bonds. The van der Waals surface area contributed by atoms with E-state index in [9.17, 15) is 17.6 Å². The number of carbonyl (C=O) groups is 1. The second-order valence-electron chi connectivity index (χ2n) is 6.82. The lowest BCUT2D eigenvalue weighted by atomic mass is 10.1. The predicted molar refractivity (Wildman–Crippen MR) is 108 cm³/mol. The number of rotatable bonds is 5. The van der Waals surface area contributed by atoms with E-state index in [4.69, 9.17) is 4.74 Å². The van der Waals surface area contributed by atoms with Crippen LogP contribution in [0.25, 0.3) is 11.4 Å². The number of halogens is 1. The van der Waals surface area contributed by atoms with Gasteiger partial charge < -0.3 is 10.1 Å². The number of ether oxygens (including phenoxy) is 1. The quantitative estimate of drug-likeness (QED) is 0.627. The Labute approximate surface area is 177 Å². The lowest BCUT2D eigenvalue weighted by Crippen LogP contribution is -2.40. The first-order valence-corrected chi connectivity index (χ1v) is 10.8. The molecule has 0 bridgehead atoms. The number of sulfonamides is 1. The number of aromatic nitrogens is 4. The molecule has 1 aliphatic heterocycles. The number of nitrogens with one attached hydrogen (secondary N) is 1. The Morgan fingerprint density at radius 3 is 2.65 bits per heavy atom. The molecule has 0 spiro atoms. The van der Waals surface area contributed by atoms with Crippen LogP contribution in [0.2, 0.25) is 0 Å². The Hall–Kier alpha value is -3.22. The minimum absolute atomic E-state index is 0.153. The molecule has 1 aliphatic rings. The molecule has 2 aromatic carbocycles. The number of hydrogen-bond donors (Lipinski definition) is 1. The number of tetrazole rings is 1. The fourth-order valence-corrected chi connectivity index (χ4v) is 4.62. The normalized spacial score (nSPS) is 15.0. The van der Waals surface area contributed by atoms with Gasteiger partial charge in [-0.15, -0.1) is 5.10 Å². The van der Waals surface area contributed by atoms with E-state index in [2.05, 4.69) is 20.8 Å². The van der Waals surface area contributed by atoms with Gasteiger partial charge >= 0.3 is 0 Å². The number of nitrogens with zero attached hydrogens (tertiary/aromatic N) is 5. The number of hydrogen-bond acceptors (Lipinski definition) is 7. The molecule has 10 nitrogen and oxygen atoms in total. The van der Waals surface area contributed by atoms with E-state index in [-0.39, 0.29) is 36.8 Å². The zero-order valence-corrected chi connectivity index (χ0v) is 17.3. The topological polar surface area (TPSA) is 119 Å². The van der Waals surface area contributed by atoms with E-state index in [1.165, 1.54) is 8.99 Å². The molecule has 1 N–H and O–H groups in total. The monoisotopic (exact) mass is 446 g/mol. The SMILES string of the molecule is Cn1nnnc1-c1cccc(NC(=O)c2cc(S(=O)(=O)N3CCOCC3)ccc2F)c1. The summed E-state index contributed by atoms with van der Waals surface area (Å²) in [6, 6.07) is 9.88. The zero-order valence-electron chi connectivity index (χ0n) is 16.5. The lowest BCUT2D eigenvalue weighted by Gasteiger charge is -2.26. The molecule has 12 heteroatoms. The van der Waals surface area contributed by atoms with Crippen LogP contribution in [0.5, 0.6) is 0 Å². The largest absolute Gasteiger partial charge is 0.379 e. The van der Waals surface area contributed by atoms with E-state index in [0.29, 0.717) is 17.1 Å². The standard InChI is InChI=1S/C19H19FN6O4S/c1-25-18(22-23-24-25)13-3-2-4-14(11-13)21-19(27)16-12-15(5-6-17(16)20)31(28,29)26-7-9-30-10-8-26/h2-6,11-12H,7-10H2,1H3,(H,21,27). The van der Waals surface area contributed by atoms with Gasteiger partial charge in [-0.2, -0.15) is 4.31 Å². The van der Waals surface area contributed by atoms with E-state index >= 15 is 0 Å². The van der Waals surface area contributed by atoms with Gasteiger partial charge in [0, 0.05) is 31.4 Å². The average molecular weight is 446 g/mol. The maximum atomic E-state index is 14.4. The van der Waals surface area contributed by atoms with Crippen molar-refractivity contribution in [3.8, 4) is 11.4 Å². The molecule has 0 unspecified atom stereocenters. The van der Waals surface area contributed by atoms with Gasteiger partial charge in [0.15, 0.2) is 5.82 Å². The molecule has 0 radical (unpaired) electrons. The Kier molecular flexibility index (Phi) is 5.76. The van der Waals surface area contributed by atoms with Crippen molar-refractivity contribution in [3.05, 3.63) is 53.8 Å². The molecule has 0 aliphatic carbocycles. The summed E-state index contributed by atoms with van der Waals surface area (Å²) in [7, 11) is -2.19. The maximum Gasteiger partial charge on any atom is 0.258 e. The zero-order chi connectivity index (χ0) is 22.0. The Balaban J connectivity index is 1.59. The van der Waals surface area contributed by atoms with Gasteiger partial charge in [-0.05, 0) is 40.8 Å². The number of amides is 1. The summed E-state index contributed by atoms with van der Waals surface area (Å²) in [6.45, 7) is 0.964. The molecule has 0 atom stereocenters. The summed E-state index contributed by atoms with van der Waals surface area (Å²) < 4.78 is 48.0. The third-order valence-electron chi connectivity index (χ3n) is 4.79. The third-order valence-corrected chi connectivity index (χ3v) is 6.68. The van der Waals surface area contributed by atoms with Crippen LogP contribution in [-0.4, -0.2) is 65.1 Å². The van der Waals surface area contributed by atoms with Crippen LogP contribution >= 0.6 is 0 Å². The minimum atomic E-state index is -3.87. The first-order chi connectivity index (χ1) is 14.9. The molecule has 1 fully saturated rings. The minimum Gasteiger partial charge on any atom is -0.379 e. The van der Waals surface area contributed by atoms with Gasteiger partial charge in [0.05, 0.1) is 23.7 Å². The molecule has 2 heterocycles. The highest BCUT2D eigenvalue weighted by Gasteiger charge is 2.28. The Morgan fingerprint density at radius 2 is 1.94 bits per heavy atom. The van der Waals surface area contributed by atoms with Crippen molar-refractivity contribution in [1.29, 1.82) is 0 Å². The van der Waals surface area contributed by atoms with E-state index in [1.54, 1.807) is 31.3 Å². The number of anilines is 1. The molecular formula is C19H19FN6O4S. The van der Waals surface area contributed by atoms with Gasteiger partial charge in [0.25, 0.3) is 5.91 Å². The van der Waals surface area contributed by atoms with Crippen LogP contribution in [0.3, 0.4) is 0 Å². The highest BCUT2D eigenvalue weighted by molar-refractivity contribution is 7.89. The third kappa shape index (κ3) is 4.31. The molecular weight excluding hydrogens is 427 g/mol. The number of aryl methyl sites for hydroxylation is 1. The van der Waals surface area contributed by atoms with Crippen LogP contribution in [-0.2, 0) is 21.8 Å². The van der Waals surface area contributed by atoms with Crippen molar-refractivity contribution < 1.29 is 22.3 Å². The molecule has 1 saturated heterocycles. The van der Waals surface area contributed by atoms with Gasteiger partial charge in [-0.25, -0.2) is 17.5 Å². The first kappa shape index (κ1) is 21.0. The van der Waals surface area contributed by atoms with Crippen molar-refractivity contribution in [1.82, 2.24) is 24.5 Å². The molecule has 162 valence electrons. The summed E-state index contributed by atoms with van der Waals surface area (Å²) in [5, 5.41) is 13.8. The van der Waals surface area contributed by atoms with Crippen LogP contribution in [0, 0.1) is 5.82 Å². The number of benzene rings is 2. The highest BCUT2D eigenvalue weighted by atomic mass is 32.2. The summed E-state index contributed by atoms with van der Waals surface area (Å²) >= 11 is 0.